The molecule has 1 amide bonds. The van der Waals surface area contributed by atoms with Gasteiger partial charge in [0.2, 0.25) is 5.95 Å². The van der Waals surface area contributed by atoms with E-state index in [0.29, 0.717) is 10.6 Å². The van der Waals surface area contributed by atoms with Gasteiger partial charge in [-0.2, -0.15) is 4.98 Å². The molecule has 1 aromatic heterocycles. The Morgan fingerprint density at radius 1 is 1.50 bits per heavy atom. The van der Waals surface area contributed by atoms with Gasteiger partial charge in [-0.3, -0.25) is 10.1 Å². The molecule has 0 atom stereocenters. The van der Waals surface area contributed by atoms with E-state index in [-0.39, 0.29) is 17.9 Å². The number of H-pyrrole nitrogens is 1. The van der Waals surface area contributed by atoms with Crippen LogP contribution in [0.4, 0.5) is 5.95 Å². The summed E-state index contributed by atoms with van der Waals surface area (Å²) < 4.78 is 4.79. The molecule has 2 rings (SSSR count). The minimum atomic E-state index is -0.323. The summed E-state index contributed by atoms with van der Waals surface area (Å²) in [6.45, 7) is 1.87. The van der Waals surface area contributed by atoms with Crippen LogP contribution in [-0.2, 0) is 0 Å². The number of nitrogens with one attached hydrogen (secondary N) is 2. The van der Waals surface area contributed by atoms with E-state index in [1.165, 1.54) is 7.11 Å². The molecule has 6 nitrogen and oxygen atoms in total. The first-order valence-electron chi connectivity index (χ1n) is 5.14. The summed E-state index contributed by atoms with van der Waals surface area (Å²) in [4.78, 5) is 15.8. The fourth-order valence-corrected chi connectivity index (χ4v) is 1.49. The Labute approximate surface area is 108 Å². The number of carbonyl (C=O) groups excluding carboxylic acids is 1. The van der Waals surface area contributed by atoms with Gasteiger partial charge < -0.3 is 4.74 Å². The van der Waals surface area contributed by atoms with Gasteiger partial charge in [0, 0.05) is 10.6 Å². The van der Waals surface area contributed by atoms with Gasteiger partial charge in [0.15, 0.2) is 0 Å². The van der Waals surface area contributed by atoms with Crippen molar-refractivity contribution in [2.75, 3.05) is 12.4 Å². The first-order valence-corrected chi connectivity index (χ1v) is 5.52. The number of benzene rings is 1. The van der Waals surface area contributed by atoms with Crippen LogP contribution >= 0.6 is 11.6 Å². The highest BCUT2D eigenvalue weighted by atomic mass is 35.5. The molecule has 0 saturated carbocycles. The third kappa shape index (κ3) is 2.60. The van der Waals surface area contributed by atoms with E-state index in [9.17, 15) is 4.79 Å². The van der Waals surface area contributed by atoms with Crippen molar-refractivity contribution in [1.82, 2.24) is 15.2 Å². The van der Waals surface area contributed by atoms with Crippen LogP contribution in [0.1, 0.15) is 15.9 Å². The normalized spacial score (nSPS) is 10.2. The van der Waals surface area contributed by atoms with Gasteiger partial charge >= 0.3 is 6.01 Å². The lowest BCUT2D eigenvalue weighted by Gasteiger charge is -2.03. The summed E-state index contributed by atoms with van der Waals surface area (Å²) >= 11 is 5.95. The molecule has 0 radical (unpaired) electrons. The maximum Gasteiger partial charge on any atom is 0.336 e. The van der Waals surface area contributed by atoms with Gasteiger partial charge in [-0.05, 0) is 24.6 Å². The molecule has 7 heteroatoms. The molecule has 0 bridgehead atoms. The number of hydrogen-bond acceptors (Lipinski definition) is 4. The highest BCUT2D eigenvalue weighted by Crippen LogP contribution is 2.17. The van der Waals surface area contributed by atoms with Crippen LogP contribution < -0.4 is 10.1 Å². The van der Waals surface area contributed by atoms with Crippen molar-refractivity contribution in [3.63, 3.8) is 0 Å². The van der Waals surface area contributed by atoms with Crippen molar-refractivity contribution in [2.45, 2.75) is 6.92 Å². The number of aromatic amines is 1. The molecular formula is C11H11ClN4O2. The van der Waals surface area contributed by atoms with Crippen molar-refractivity contribution in [3.8, 4) is 6.01 Å². The molecule has 2 aromatic rings. The summed E-state index contributed by atoms with van der Waals surface area (Å²) in [6, 6.07) is 5.22. The Kier molecular flexibility index (Phi) is 3.47. The molecular weight excluding hydrogens is 256 g/mol. The fraction of sp³-hybridized carbons (Fsp3) is 0.182. The van der Waals surface area contributed by atoms with E-state index in [1.807, 2.05) is 6.92 Å². The van der Waals surface area contributed by atoms with Gasteiger partial charge in [0.25, 0.3) is 5.91 Å². The topological polar surface area (TPSA) is 79.9 Å². The predicted molar refractivity (Wildman–Crippen MR) is 67.1 cm³/mol. The Balaban J connectivity index is 2.14. The molecule has 0 aliphatic carbocycles. The number of ether oxygens (including phenoxy) is 1. The van der Waals surface area contributed by atoms with E-state index < -0.39 is 0 Å². The fourth-order valence-electron chi connectivity index (χ4n) is 1.31. The maximum atomic E-state index is 11.9. The quantitative estimate of drug-likeness (QED) is 0.891. The number of aromatic nitrogens is 3. The zero-order valence-corrected chi connectivity index (χ0v) is 10.6. The lowest BCUT2D eigenvalue weighted by atomic mass is 10.1. The Morgan fingerprint density at radius 2 is 2.28 bits per heavy atom. The summed E-state index contributed by atoms with van der Waals surface area (Å²) in [5, 5.41) is 9.34. The van der Waals surface area contributed by atoms with Gasteiger partial charge in [-0.1, -0.05) is 17.7 Å². The van der Waals surface area contributed by atoms with Crippen molar-refractivity contribution in [1.29, 1.82) is 0 Å². The van der Waals surface area contributed by atoms with Gasteiger partial charge in [0.05, 0.1) is 7.11 Å². The van der Waals surface area contributed by atoms with Crippen LogP contribution in [0.3, 0.4) is 0 Å². The molecule has 1 heterocycles. The van der Waals surface area contributed by atoms with Crippen molar-refractivity contribution in [3.05, 3.63) is 34.3 Å². The monoisotopic (exact) mass is 266 g/mol. The molecule has 0 unspecified atom stereocenters. The standard InChI is InChI=1S/C11H11ClN4O2/c1-6-3-4-7(5-8(6)12)9(17)13-10-14-11(18-2)16-15-10/h3-5H,1-2H3,(H2,13,14,15,16,17). The molecule has 0 saturated heterocycles. The van der Waals surface area contributed by atoms with Crippen LogP contribution in [0, 0.1) is 6.92 Å². The molecule has 94 valence electrons. The lowest BCUT2D eigenvalue weighted by Crippen LogP contribution is -2.13. The first-order chi connectivity index (χ1) is 8.60. The van der Waals surface area contributed by atoms with Crippen LogP contribution in [0.15, 0.2) is 18.2 Å². The highest BCUT2D eigenvalue weighted by molar-refractivity contribution is 6.31. The Hall–Kier alpha value is -2.08. The summed E-state index contributed by atoms with van der Waals surface area (Å²) in [7, 11) is 1.44. The van der Waals surface area contributed by atoms with Crippen LogP contribution in [0.5, 0.6) is 6.01 Å². The van der Waals surface area contributed by atoms with E-state index in [1.54, 1.807) is 18.2 Å². The third-order valence-corrected chi connectivity index (χ3v) is 2.72. The Morgan fingerprint density at radius 3 is 2.89 bits per heavy atom. The maximum absolute atomic E-state index is 11.9. The third-order valence-electron chi connectivity index (χ3n) is 2.31. The average Bonchev–Trinajstić information content (AvgIpc) is 2.80. The second-order valence-corrected chi connectivity index (χ2v) is 4.00. The SMILES string of the molecule is COc1n[nH]c(NC(=O)c2ccc(C)c(Cl)c2)n1. The van der Waals surface area contributed by atoms with Crippen molar-refractivity contribution >= 4 is 23.5 Å². The predicted octanol–water partition coefficient (Wildman–Crippen LogP) is 2.03. The molecule has 0 aliphatic rings. The largest absolute Gasteiger partial charge is 0.466 e. The van der Waals surface area contributed by atoms with E-state index in [4.69, 9.17) is 16.3 Å². The van der Waals surface area contributed by atoms with E-state index in [2.05, 4.69) is 20.5 Å². The van der Waals surface area contributed by atoms with Crippen LogP contribution in [0.25, 0.3) is 0 Å². The number of amides is 1. The molecule has 18 heavy (non-hydrogen) atoms. The molecule has 2 N–H and O–H groups in total. The zero-order chi connectivity index (χ0) is 13.1. The van der Waals surface area contributed by atoms with Crippen LogP contribution in [0.2, 0.25) is 5.02 Å². The minimum absolute atomic E-state index is 0.159. The lowest BCUT2D eigenvalue weighted by molar-refractivity contribution is 0.102. The van der Waals surface area contributed by atoms with Gasteiger partial charge in [-0.25, -0.2) is 5.10 Å². The number of hydrogen-bond donors (Lipinski definition) is 2. The molecule has 0 spiro atoms. The van der Waals surface area contributed by atoms with Gasteiger partial charge in [0.1, 0.15) is 0 Å². The number of methoxy groups -OCH3 is 1. The van der Waals surface area contributed by atoms with Crippen LogP contribution in [-0.4, -0.2) is 28.2 Å². The molecule has 1 aromatic carbocycles. The summed E-state index contributed by atoms with van der Waals surface area (Å²) in [5.41, 5.74) is 1.36. The van der Waals surface area contributed by atoms with Crippen molar-refractivity contribution < 1.29 is 9.53 Å². The van der Waals surface area contributed by atoms with Gasteiger partial charge in [-0.15, -0.1) is 5.10 Å². The number of aryl methyl sites for hydroxylation is 1. The summed E-state index contributed by atoms with van der Waals surface area (Å²) in [5.74, 6) is -0.107. The highest BCUT2D eigenvalue weighted by Gasteiger charge is 2.10. The summed E-state index contributed by atoms with van der Waals surface area (Å²) in [6.07, 6.45) is 0. The molecule has 0 aliphatic heterocycles. The smallest absolute Gasteiger partial charge is 0.336 e. The number of carbonyl (C=O) groups is 1. The second-order valence-electron chi connectivity index (χ2n) is 3.59. The number of halogens is 1. The number of anilines is 1. The van der Waals surface area contributed by atoms with E-state index in [0.717, 1.165) is 5.56 Å². The van der Waals surface area contributed by atoms with E-state index >= 15 is 0 Å². The first kappa shape index (κ1) is 12.4. The van der Waals surface area contributed by atoms with Crippen molar-refractivity contribution in [2.24, 2.45) is 0 Å². The molecule has 0 fully saturated rings. The minimum Gasteiger partial charge on any atom is -0.466 e. The number of rotatable bonds is 3. The second kappa shape index (κ2) is 5.05. The number of nitrogens with zero attached hydrogens (tertiary/aromatic N) is 2. The Bertz CT molecular complexity index is 582. The zero-order valence-electron chi connectivity index (χ0n) is 9.82. The average molecular weight is 267 g/mol.